The molecule has 1 aliphatic rings. The number of hydrogen-bond donors (Lipinski definition) is 1. The lowest BCUT2D eigenvalue weighted by Gasteiger charge is -2.26. The van der Waals surface area contributed by atoms with Crippen LogP contribution in [-0.2, 0) is 22.4 Å². The molecule has 1 N–H and O–H groups in total. The van der Waals surface area contributed by atoms with Crippen molar-refractivity contribution in [1.29, 1.82) is 0 Å². The predicted molar refractivity (Wildman–Crippen MR) is 82.1 cm³/mol. The van der Waals surface area contributed by atoms with Gasteiger partial charge in [-0.05, 0) is 24.0 Å². The molecule has 1 aliphatic heterocycles. The van der Waals surface area contributed by atoms with E-state index in [4.69, 9.17) is 4.74 Å². The molecule has 1 unspecified atom stereocenters. The summed E-state index contributed by atoms with van der Waals surface area (Å²) in [4.78, 5) is 14.4. The van der Waals surface area contributed by atoms with Gasteiger partial charge in [0, 0.05) is 25.6 Å². The normalized spacial score (nSPS) is 21.8. The minimum atomic E-state index is -0.283. The van der Waals surface area contributed by atoms with Gasteiger partial charge in [0.25, 0.3) is 0 Å². The maximum Gasteiger partial charge on any atom is 0.227 e. The van der Waals surface area contributed by atoms with E-state index in [1.54, 1.807) is 7.11 Å². The number of aliphatic hydroxyl groups excluding tert-OH is 1. The second kappa shape index (κ2) is 7.05. The van der Waals surface area contributed by atoms with Gasteiger partial charge < -0.3 is 14.7 Å². The zero-order valence-electron chi connectivity index (χ0n) is 13.0. The summed E-state index contributed by atoms with van der Waals surface area (Å²) in [5, 5.41) is 9.60. The highest BCUT2D eigenvalue weighted by Crippen LogP contribution is 2.30. The third-order valence-corrected chi connectivity index (χ3v) is 4.42. The van der Waals surface area contributed by atoms with Gasteiger partial charge in [0.1, 0.15) is 0 Å². The molecule has 1 amide bonds. The van der Waals surface area contributed by atoms with Crippen molar-refractivity contribution in [2.45, 2.75) is 26.2 Å². The summed E-state index contributed by atoms with van der Waals surface area (Å²) in [6.07, 6.45) is 2.19. The van der Waals surface area contributed by atoms with Crippen LogP contribution in [0.3, 0.4) is 0 Å². The lowest BCUT2D eigenvalue weighted by Crippen LogP contribution is -2.37. The average molecular weight is 291 g/mol. The van der Waals surface area contributed by atoms with Crippen molar-refractivity contribution >= 4 is 5.91 Å². The molecule has 4 nitrogen and oxygen atoms in total. The van der Waals surface area contributed by atoms with Crippen molar-refractivity contribution in [3.63, 3.8) is 0 Å². The molecule has 1 heterocycles. The van der Waals surface area contributed by atoms with E-state index in [1.807, 2.05) is 23.1 Å². The Labute approximate surface area is 126 Å². The lowest BCUT2D eigenvalue weighted by atomic mass is 9.89. The van der Waals surface area contributed by atoms with Crippen molar-refractivity contribution in [3.05, 3.63) is 35.4 Å². The maximum atomic E-state index is 12.5. The Morgan fingerprint density at radius 1 is 1.38 bits per heavy atom. The number of ether oxygens (including phenoxy) is 1. The van der Waals surface area contributed by atoms with E-state index in [-0.39, 0.29) is 17.9 Å². The molecule has 0 saturated carbocycles. The van der Waals surface area contributed by atoms with Gasteiger partial charge in [-0.1, -0.05) is 31.2 Å². The van der Waals surface area contributed by atoms with E-state index >= 15 is 0 Å². The Morgan fingerprint density at radius 3 is 2.71 bits per heavy atom. The highest BCUT2D eigenvalue weighted by molar-refractivity contribution is 5.79. The summed E-state index contributed by atoms with van der Waals surface area (Å²) in [5.74, 6) is 0.141. The summed E-state index contributed by atoms with van der Waals surface area (Å²) in [7, 11) is 1.64. The Balaban J connectivity index is 2.02. The summed E-state index contributed by atoms with van der Waals surface area (Å²) in [6.45, 7) is 3.96. The van der Waals surface area contributed by atoms with Crippen LogP contribution in [0.5, 0.6) is 0 Å². The number of carbonyl (C=O) groups is 1. The first-order chi connectivity index (χ1) is 10.1. The smallest absolute Gasteiger partial charge is 0.227 e. The molecule has 0 aliphatic carbocycles. The molecule has 116 valence electrons. The monoisotopic (exact) mass is 291 g/mol. The summed E-state index contributed by atoms with van der Waals surface area (Å²) < 4.78 is 5.20. The van der Waals surface area contributed by atoms with E-state index in [9.17, 15) is 9.90 Å². The van der Waals surface area contributed by atoms with Crippen LogP contribution < -0.4 is 0 Å². The SMILES string of the molecule is CCc1ccccc1CC(=O)N1CCC(CO)(COC)C1. The Bertz CT molecular complexity index is 489. The van der Waals surface area contributed by atoms with Crippen molar-refractivity contribution in [3.8, 4) is 0 Å². The predicted octanol–water partition coefficient (Wildman–Crippen LogP) is 1.65. The number of rotatable bonds is 6. The number of methoxy groups -OCH3 is 1. The third-order valence-electron chi connectivity index (χ3n) is 4.42. The zero-order chi connectivity index (χ0) is 15.3. The van der Waals surface area contributed by atoms with E-state index in [0.717, 1.165) is 18.4 Å². The number of aliphatic hydroxyl groups is 1. The molecule has 0 aromatic heterocycles. The Hall–Kier alpha value is -1.39. The first kappa shape index (κ1) is 16.0. The molecule has 0 bridgehead atoms. The van der Waals surface area contributed by atoms with Crippen LogP contribution in [0.25, 0.3) is 0 Å². The Kier molecular flexibility index (Phi) is 5.37. The number of nitrogens with zero attached hydrogens (tertiary/aromatic N) is 1. The van der Waals surface area contributed by atoms with Crippen molar-refractivity contribution in [2.75, 3.05) is 33.4 Å². The molecule has 4 heteroatoms. The second-order valence-electron chi connectivity index (χ2n) is 5.96. The summed E-state index contributed by atoms with van der Waals surface area (Å²) in [6, 6.07) is 8.10. The molecule has 0 radical (unpaired) electrons. The molecule has 2 rings (SSSR count). The van der Waals surface area contributed by atoms with Gasteiger partial charge in [0.15, 0.2) is 0 Å². The van der Waals surface area contributed by atoms with Gasteiger partial charge in [-0.25, -0.2) is 0 Å². The summed E-state index contributed by atoms with van der Waals surface area (Å²) in [5.41, 5.74) is 2.06. The molecular weight excluding hydrogens is 266 g/mol. The van der Waals surface area contributed by atoms with Crippen LogP contribution in [0.1, 0.15) is 24.5 Å². The minimum absolute atomic E-state index is 0.0656. The lowest BCUT2D eigenvalue weighted by molar-refractivity contribution is -0.130. The third kappa shape index (κ3) is 3.63. The number of hydrogen-bond acceptors (Lipinski definition) is 3. The van der Waals surface area contributed by atoms with Crippen molar-refractivity contribution in [1.82, 2.24) is 4.90 Å². The van der Waals surface area contributed by atoms with Crippen molar-refractivity contribution in [2.24, 2.45) is 5.41 Å². The fraction of sp³-hybridized carbons (Fsp3) is 0.588. The number of benzene rings is 1. The molecule has 0 spiro atoms. The summed E-state index contributed by atoms with van der Waals surface area (Å²) >= 11 is 0. The first-order valence-corrected chi connectivity index (χ1v) is 7.58. The maximum absolute atomic E-state index is 12.5. The van der Waals surface area contributed by atoms with Crippen molar-refractivity contribution < 1.29 is 14.6 Å². The largest absolute Gasteiger partial charge is 0.396 e. The van der Waals surface area contributed by atoms with Gasteiger partial charge in [0.2, 0.25) is 5.91 Å². The van der Waals surface area contributed by atoms with E-state index < -0.39 is 0 Å². The molecule has 1 fully saturated rings. The van der Waals surface area contributed by atoms with Gasteiger partial charge >= 0.3 is 0 Å². The molecule has 1 aromatic carbocycles. The fourth-order valence-electron chi connectivity index (χ4n) is 3.10. The highest BCUT2D eigenvalue weighted by Gasteiger charge is 2.39. The van der Waals surface area contributed by atoms with Crippen LogP contribution in [0.15, 0.2) is 24.3 Å². The molecule has 21 heavy (non-hydrogen) atoms. The molecule has 1 saturated heterocycles. The van der Waals surface area contributed by atoms with Crippen LogP contribution in [0.2, 0.25) is 0 Å². The average Bonchev–Trinajstić information content (AvgIpc) is 2.93. The van der Waals surface area contributed by atoms with Gasteiger partial charge in [-0.2, -0.15) is 0 Å². The number of amides is 1. The number of likely N-dealkylation sites (tertiary alicyclic amines) is 1. The number of carbonyl (C=O) groups excluding carboxylic acids is 1. The highest BCUT2D eigenvalue weighted by atomic mass is 16.5. The van der Waals surface area contributed by atoms with Gasteiger partial charge in [-0.15, -0.1) is 0 Å². The fourth-order valence-corrected chi connectivity index (χ4v) is 3.10. The number of aryl methyl sites for hydroxylation is 1. The van der Waals surface area contributed by atoms with Crippen LogP contribution in [0.4, 0.5) is 0 Å². The minimum Gasteiger partial charge on any atom is -0.396 e. The first-order valence-electron chi connectivity index (χ1n) is 7.58. The standard InChI is InChI=1S/C17H25NO3/c1-3-14-6-4-5-7-15(14)10-16(20)18-9-8-17(11-18,12-19)13-21-2/h4-7,19H,3,8-13H2,1-2H3. The molecular formula is C17H25NO3. The molecule has 1 atom stereocenters. The van der Waals surface area contributed by atoms with Gasteiger partial charge in [-0.3, -0.25) is 4.79 Å². The Morgan fingerprint density at radius 2 is 2.10 bits per heavy atom. The quantitative estimate of drug-likeness (QED) is 0.867. The van der Waals surface area contributed by atoms with Crippen LogP contribution in [0, 0.1) is 5.41 Å². The zero-order valence-corrected chi connectivity index (χ0v) is 13.0. The van der Waals surface area contributed by atoms with E-state index in [0.29, 0.717) is 26.1 Å². The van der Waals surface area contributed by atoms with E-state index in [1.165, 1.54) is 5.56 Å². The topological polar surface area (TPSA) is 49.8 Å². The van der Waals surface area contributed by atoms with Crippen LogP contribution >= 0.6 is 0 Å². The van der Waals surface area contributed by atoms with E-state index in [2.05, 4.69) is 13.0 Å². The molecule has 1 aromatic rings. The van der Waals surface area contributed by atoms with Crippen LogP contribution in [-0.4, -0.2) is 49.3 Å². The van der Waals surface area contributed by atoms with Gasteiger partial charge in [0.05, 0.1) is 19.6 Å². The second-order valence-corrected chi connectivity index (χ2v) is 5.96.